The molecule has 2 aromatic rings. The fourth-order valence-corrected chi connectivity index (χ4v) is 3.70. The summed E-state index contributed by atoms with van der Waals surface area (Å²) in [7, 11) is 0. The van der Waals surface area contributed by atoms with Gasteiger partial charge in [-0.15, -0.1) is 0 Å². The van der Waals surface area contributed by atoms with Crippen LogP contribution in [0.25, 0.3) is 11.1 Å². The summed E-state index contributed by atoms with van der Waals surface area (Å²) in [5, 5.41) is 0. The molecule has 2 aliphatic carbocycles. The van der Waals surface area contributed by atoms with E-state index in [0.29, 0.717) is 5.92 Å². The van der Waals surface area contributed by atoms with Crippen LogP contribution in [0.15, 0.2) is 66.3 Å². The first-order chi connectivity index (χ1) is 10.4. The van der Waals surface area contributed by atoms with Gasteiger partial charge in [-0.2, -0.15) is 0 Å². The van der Waals surface area contributed by atoms with Crippen molar-refractivity contribution in [3.05, 3.63) is 83.0 Å². The predicted octanol–water partition coefficient (Wildman–Crippen LogP) is -0.357. The van der Waals surface area contributed by atoms with E-state index in [1.807, 2.05) is 0 Å². The predicted molar refractivity (Wildman–Crippen MR) is 89.6 cm³/mol. The molecule has 0 aromatic heterocycles. The minimum Gasteiger partial charge on any atom is -1.00 e. The van der Waals surface area contributed by atoms with E-state index in [1.54, 1.807) is 5.57 Å². The first-order valence-electron chi connectivity index (χ1n) is 7.93. The molecule has 0 fully saturated rings. The Bertz CT molecular complexity index is 762. The van der Waals surface area contributed by atoms with Crippen LogP contribution in [0.3, 0.4) is 0 Å². The topological polar surface area (TPSA) is 0 Å². The van der Waals surface area contributed by atoms with Crippen LogP contribution in [-0.4, -0.2) is 0 Å². The van der Waals surface area contributed by atoms with Gasteiger partial charge < -0.3 is 24.8 Å². The third kappa shape index (κ3) is 3.80. The van der Waals surface area contributed by atoms with Gasteiger partial charge in [-0.25, -0.2) is 0 Å². The molecule has 0 spiro atoms. The monoisotopic (exact) mass is 432 g/mol. The molecular weight excluding hydrogens is 414 g/mol. The van der Waals surface area contributed by atoms with E-state index in [2.05, 4.69) is 67.6 Å². The average molecular weight is 435 g/mol. The van der Waals surface area contributed by atoms with Crippen molar-refractivity contribution in [3.8, 4) is 11.1 Å². The largest absolute Gasteiger partial charge is 2.00 e. The minimum absolute atomic E-state index is 0. The summed E-state index contributed by atoms with van der Waals surface area (Å²) in [4.78, 5) is 0. The van der Waals surface area contributed by atoms with Crippen LogP contribution in [0.1, 0.15) is 42.4 Å². The van der Waals surface area contributed by atoms with Gasteiger partial charge >= 0.3 is 26.2 Å². The molecule has 3 heteroatoms. The fourth-order valence-electron chi connectivity index (χ4n) is 3.70. The first-order valence-corrected chi connectivity index (χ1v) is 7.93. The van der Waals surface area contributed by atoms with Crippen LogP contribution in [0.4, 0.5) is 0 Å². The van der Waals surface area contributed by atoms with E-state index >= 15 is 0 Å². The number of aryl methyl sites for hydroxylation is 1. The molecule has 0 N–H and O–H groups in total. The molecular formula is C21H20Cl2Zr. The number of allylic oxidation sites excluding steroid dienone is 4. The molecule has 1 unspecified atom stereocenters. The van der Waals surface area contributed by atoms with Crippen LogP contribution in [0.2, 0.25) is 0 Å². The maximum atomic E-state index is 2.43. The molecule has 0 nitrogen and oxygen atoms in total. The molecule has 0 bridgehead atoms. The van der Waals surface area contributed by atoms with Gasteiger partial charge in [0.1, 0.15) is 0 Å². The summed E-state index contributed by atoms with van der Waals surface area (Å²) in [6.45, 7) is 2.24. The van der Waals surface area contributed by atoms with E-state index in [1.165, 1.54) is 27.8 Å². The van der Waals surface area contributed by atoms with Gasteiger partial charge in [-0.1, -0.05) is 73.2 Å². The zero-order chi connectivity index (χ0) is 14.2. The molecule has 2 aromatic carbocycles. The van der Waals surface area contributed by atoms with Crippen molar-refractivity contribution in [1.29, 1.82) is 0 Å². The second-order valence-electron chi connectivity index (χ2n) is 6.08. The number of hydrogen-bond donors (Lipinski definition) is 0. The molecule has 2 aliphatic rings. The van der Waals surface area contributed by atoms with Crippen molar-refractivity contribution < 1.29 is 51.0 Å². The second-order valence-corrected chi connectivity index (χ2v) is 6.08. The molecule has 0 aliphatic heterocycles. The Hall–Kier alpha value is -0.617. The summed E-state index contributed by atoms with van der Waals surface area (Å²) < 4.78 is 0. The molecule has 24 heavy (non-hydrogen) atoms. The number of rotatable bonds is 3. The Kier molecular flexibility index (Phi) is 8.20. The van der Waals surface area contributed by atoms with Crippen molar-refractivity contribution in [2.45, 2.75) is 32.1 Å². The fraction of sp³-hybridized carbons (Fsp3) is 0.238. The van der Waals surface area contributed by atoms with Gasteiger partial charge in [-0.3, -0.25) is 0 Å². The first kappa shape index (κ1) is 21.4. The van der Waals surface area contributed by atoms with Gasteiger partial charge in [0.05, 0.1) is 0 Å². The Balaban J connectivity index is 0.000000960. The summed E-state index contributed by atoms with van der Waals surface area (Å²) >= 11 is 0. The smallest absolute Gasteiger partial charge is 1.00 e. The Morgan fingerprint density at radius 2 is 1.71 bits per heavy atom. The third-order valence-corrected chi connectivity index (χ3v) is 4.84. The average Bonchev–Trinajstić information content (AvgIpc) is 3.15. The van der Waals surface area contributed by atoms with Crippen molar-refractivity contribution >= 4 is 0 Å². The van der Waals surface area contributed by atoms with Crippen molar-refractivity contribution in [2.24, 2.45) is 0 Å². The number of halogens is 2. The van der Waals surface area contributed by atoms with Crippen molar-refractivity contribution in [3.63, 3.8) is 0 Å². The van der Waals surface area contributed by atoms with Crippen molar-refractivity contribution in [2.75, 3.05) is 0 Å². The van der Waals surface area contributed by atoms with E-state index in [4.69, 9.17) is 0 Å². The number of benzene rings is 2. The summed E-state index contributed by atoms with van der Waals surface area (Å²) in [6, 6.07) is 16.0. The van der Waals surface area contributed by atoms with Crippen LogP contribution in [-0.2, 0) is 32.6 Å². The summed E-state index contributed by atoms with van der Waals surface area (Å²) in [5.41, 5.74) is 8.93. The molecule has 0 saturated heterocycles. The standard InChI is InChI=1S/C21H20.2ClH.Zr/c1-2-15-11-12-19-17-9-5-6-10-18(17)21(20(19)13-15)14-16-7-3-4-8-16;;;/h3-7,9-13,21H,2,8,14H2,1H3;2*1H;/q;;;+2/p-2. The zero-order valence-corrected chi connectivity index (χ0v) is 17.7. The van der Waals surface area contributed by atoms with Gasteiger partial charge in [0.15, 0.2) is 0 Å². The Morgan fingerprint density at radius 3 is 2.42 bits per heavy atom. The van der Waals surface area contributed by atoms with Gasteiger partial charge in [0.25, 0.3) is 0 Å². The Morgan fingerprint density at radius 1 is 0.958 bits per heavy atom. The maximum Gasteiger partial charge on any atom is 2.00 e. The van der Waals surface area contributed by atoms with Gasteiger partial charge in [0, 0.05) is 5.92 Å². The molecule has 0 heterocycles. The molecule has 1 atom stereocenters. The van der Waals surface area contributed by atoms with Gasteiger partial charge in [0.2, 0.25) is 0 Å². The van der Waals surface area contributed by atoms with Gasteiger partial charge in [-0.05, 0) is 47.1 Å². The summed E-state index contributed by atoms with van der Waals surface area (Å²) in [6.07, 6.45) is 10.1. The summed E-state index contributed by atoms with van der Waals surface area (Å²) in [5.74, 6) is 0.536. The van der Waals surface area contributed by atoms with E-state index < -0.39 is 0 Å². The molecule has 4 rings (SSSR count). The van der Waals surface area contributed by atoms with Crippen LogP contribution in [0.5, 0.6) is 0 Å². The Labute approximate surface area is 176 Å². The quantitative estimate of drug-likeness (QED) is 0.620. The van der Waals surface area contributed by atoms with E-state index in [-0.39, 0.29) is 51.0 Å². The second kappa shape index (κ2) is 9.18. The molecule has 0 saturated carbocycles. The number of fused-ring (bicyclic) bond motifs is 3. The number of hydrogen-bond acceptors (Lipinski definition) is 0. The van der Waals surface area contributed by atoms with Crippen LogP contribution in [0, 0.1) is 0 Å². The van der Waals surface area contributed by atoms with Crippen LogP contribution >= 0.6 is 0 Å². The van der Waals surface area contributed by atoms with E-state index in [0.717, 1.165) is 19.3 Å². The minimum atomic E-state index is 0. The normalized spacial score (nSPS) is 16.2. The third-order valence-electron chi connectivity index (χ3n) is 4.84. The maximum absolute atomic E-state index is 2.43. The molecule has 122 valence electrons. The van der Waals surface area contributed by atoms with Crippen molar-refractivity contribution in [1.82, 2.24) is 0 Å². The molecule has 0 amide bonds. The SMILES string of the molecule is CCc1ccc2c(c1)C(CC1=CC=CC1)c1ccccc1-2.[Cl-].[Cl-].[Zr+2]. The zero-order valence-electron chi connectivity index (χ0n) is 13.7. The van der Waals surface area contributed by atoms with E-state index in [9.17, 15) is 0 Å². The van der Waals surface area contributed by atoms with Crippen LogP contribution < -0.4 is 24.8 Å². The molecule has 0 radical (unpaired) electrons.